The van der Waals surface area contributed by atoms with Gasteiger partial charge >= 0.3 is 0 Å². The van der Waals surface area contributed by atoms with E-state index in [1.807, 2.05) is 84.6 Å². The Morgan fingerprint density at radius 1 is 1.09 bits per heavy atom. The van der Waals surface area contributed by atoms with E-state index in [1.54, 1.807) is 12.5 Å². The molecule has 3 aromatic heterocycles. The Balaban J connectivity index is 1.27. The lowest BCUT2D eigenvalue weighted by Gasteiger charge is -2.16. The second kappa shape index (κ2) is 8.50. The van der Waals surface area contributed by atoms with Crippen molar-refractivity contribution in [3.8, 4) is 5.69 Å². The molecule has 0 fully saturated rings. The molecule has 7 nitrogen and oxygen atoms in total. The van der Waals surface area contributed by atoms with Gasteiger partial charge < -0.3 is 9.88 Å². The Bertz CT molecular complexity index is 1430. The van der Waals surface area contributed by atoms with Gasteiger partial charge in [0.25, 0.3) is 0 Å². The molecule has 0 saturated heterocycles. The first kappa shape index (κ1) is 20.9. The number of aromatic nitrogens is 5. The van der Waals surface area contributed by atoms with Crippen LogP contribution in [0.5, 0.6) is 0 Å². The fraction of sp³-hybridized carbons (Fsp3) is 0.231. The van der Waals surface area contributed by atoms with E-state index >= 15 is 0 Å². The molecule has 1 atom stereocenters. The number of imidazole rings is 1. The quantitative estimate of drug-likeness (QED) is 0.424. The van der Waals surface area contributed by atoms with Crippen molar-refractivity contribution < 1.29 is 4.79 Å². The number of hydrogen-bond donors (Lipinski definition) is 1. The average molecular weight is 439 g/mol. The van der Waals surface area contributed by atoms with Crippen LogP contribution >= 0.6 is 0 Å². The molecule has 5 aromatic rings. The summed E-state index contributed by atoms with van der Waals surface area (Å²) in [4.78, 5) is 21.6. The van der Waals surface area contributed by atoms with E-state index in [1.165, 1.54) is 0 Å². The lowest BCUT2D eigenvalue weighted by Crippen LogP contribution is -2.27. The SMILES string of the molecule is Cc1nc2c3ccccc3nn2c(C)c1CCC(=O)NC(C)c1ccc(-n2ccnc2)cc1. The van der Waals surface area contributed by atoms with Crippen molar-refractivity contribution in [2.75, 3.05) is 0 Å². The van der Waals surface area contributed by atoms with Crippen molar-refractivity contribution >= 4 is 22.5 Å². The summed E-state index contributed by atoms with van der Waals surface area (Å²) in [6.45, 7) is 6.06. The van der Waals surface area contributed by atoms with Crippen LogP contribution in [0.15, 0.2) is 67.3 Å². The average Bonchev–Trinajstić information content (AvgIpc) is 3.48. The Labute approximate surface area is 192 Å². The summed E-state index contributed by atoms with van der Waals surface area (Å²) in [5, 5.41) is 8.86. The number of nitrogens with one attached hydrogen (secondary N) is 1. The second-order valence-corrected chi connectivity index (χ2v) is 8.36. The molecule has 5 rings (SSSR count). The lowest BCUT2D eigenvalue weighted by atomic mass is 10.0. The molecule has 0 aliphatic heterocycles. The molecule has 3 heterocycles. The summed E-state index contributed by atoms with van der Waals surface area (Å²) in [7, 11) is 0. The third kappa shape index (κ3) is 3.98. The van der Waals surface area contributed by atoms with Crippen molar-refractivity contribution in [2.45, 2.75) is 39.7 Å². The van der Waals surface area contributed by atoms with E-state index in [4.69, 9.17) is 10.1 Å². The lowest BCUT2D eigenvalue weighted by molar-refractivity contribution is -0.121. The number of rotatable bonds is 6. The minimum Gasteiger partial charge on any atom is -0.350 e. The van der Waals surface area contributed by atoms with E-state index in [0.29, 0.717) is 12.8 Å². The van der Waals surface area contributed by atoms with Crippen LogP contribution in [0, 0.1) is 13.8 Å². The zero-order valence-electron chi connectivity index (χ0n) is 19.0. The Morgan fingerprint density at radius 3 is 2.64 bits per heavy atom. The summed E-state index contributed by atoms with van der Waals surface area (Å²) in [6, 6.07) is 16.1. The molecule has 33 heavy (non-hydrogen) atoms. The van der Waals surface area contributed by atoms with Crippen LogP contribution in [-0.2, 0) is 11.2 Å². The molecule has 1 N–H and O–H groups in total. The molecular weight excluding hydrogens is 412 g/mol. The summed E-state index contributed by atoms with van der Waals surface area (Å²) >= 11 is 0. The van der Waals surface area contributed by atoms with E-state index in [2.05, 4.69) is 10.3 Å². The molecule has 1 unspecified atom stereocenters. The minimum absolute atomic E-state index is 0.0192. The monoisotopic (exact) mass is 438 g/mol. The summed E-state index contributed by atoms with van der Waals surface area (Å²) in [5.74, 6) is 0.0192. The van der Waals surface area contributed by atoms with Crippen LogP contribution in [-0.4, -0.2) is 30.1 Å². The van der Waals surface area contributed by atoms with Crippen molar-refractivity contribution in [1.82, 2.24) is 29.5 Å². The van der Waals surface area contributed by atoms with Gasteiger partial charge in [0.2, 0.25) is 5.91 Å². The van der Waals surface area contributed by atoms with Gasteiger partial charge in [-0.2, -0.15) is 5.10 Å². The van der Waals surface area contributed by atoms with Crippen LogP contribution in [0.25, 0.3) is 22.2 Å². The number of carbonyl (C=O) groups excluding carboxylic acids is 1. The molecule has 1 amide bonds. The Hall–Kier alpha value is -4.00. The van der Waals surface area contributed by atoms with E-state index in [0.717, 1.165) is 44.8 Å². The van der Waals surface area contributed by atoms with Gasteiger partial charge in [0.15, 0.2) is 5.65 Å². The van der Waals surface area contributed by atoms with E-state index in [9.17, 15) is 4.79 Å². The van der Waals surface area contributed by atoms with Crippen LogP contribution < -0.4 is 5.32 Å². The molecule has 0 aliphatic rings. The number of carbonyl (C=O) groups is 1. The predicted molar refractivity (Wildman–Crippen MR) is 128 cm³/mol. The summed E-state index contributed by atoms with van der Waals surface area (Å²) in [5.41, 5.74) is 6.94. The molecule has 0 bridgehead atoms. The number of nitrogens with zero attached hydrogens (tertiary/aromatic N) is 5. The summed E-state index contributed by atoms with van der Waals surface area (Å²) in [6.07, 6.45) is 6.44. The van der Waals surface area contributed by atoms with Crippen LogP contribution in [0.2, 0.25) is 0 Å². The normalized spacial score (nSPS) is 12.3. The third-order valence-corrected chi connectivity index (χ3v) is 6.19. The maximum absolute atomic E-state index is 12.7. The molecule has 0 saturated carbocycles. The van der Waals surface area contributed by atoms with Gasteiger partial charge in [-0.25, -0.2) is 14.5 Å². The van der Waals surface area contributed by atoms with Crippen molar-refractivity contribution in [3.63, 3.8) is 0 Å². The molecule has 2 aromatic carbocycles. The fourth-order valence-electron chi connectivity index (χ4n) is 4.32. The predicted octanol–water partition coefficient (Wildman–Crippen LogP) is 4.50. The van der Waals surface area contributed by atoms with E-state index in [-0.39, 0.29) is 11.9 Å². The molecule has 0 radical (unpaired) electrons. The van der Waals surface area contributed by atoms with Gasteiger partial charge in [-0.15, -0.1) is 0 Å². The number of benzene rings is 2. The van der Waals surface area contributed by atoms with Crippen LogP contribution in [0.3, 0.4) is 0 Å². The smallest absolute Gasteiger partial charge is 0.220 e. The van der Waals surface area contributed by atoms with Gasteiger partial charge in [0.1, 0.15) is 0 Å². The van der Waals surface area contributed by atoms with Gasteiger partial charge in [0, 0.05) is 41.3 Å². The molecule has 0 spiro atoms. The van der Waals surface area contributed by atoms with Crippen LogP contribution in [0.1, 0.15) is 41.9 Å². The number of hydrogen-bond acceptors (Lipinski definition) is 4. The molecule has 0 aliphatic carbocycles. The molecule has 7 heteroatoms. The minimum atomic E-state index is -0.0754. The highest BCUT2D eigenvalue weighted by molar-refractivity contribution is 5.92. The first-order valence-electron chi connectivity index (χ1n) is 11.1. The maximum atomic E-state index is 12.7. The highest BCUT2D eigenvalue weighted by Gasteiger charge is 2.16. The van der Waals surface area contributed by atoms with E-state index < -0.39 is 0 Å². The largest absolute Gasteiger partial charge is 0.350 e. The van der Waals surface area contributed by atoms with Gasteiger partial charge in [-0.3, -0.25) is 4.79 Å². The Kier molecular flexibility index (Phi) is 5.38. The molecule has 166 valence electrons. The highest BCUT2D eigenvalue weighted by atomic mass is 16.1. The van der Waals surface area contributed by atoms with Gasteiger partial charge in [0.05, 0.1) is 17.9 Å². The fourth-order valence-corrected chi connectivity index (χ4v) is 4.32. The Morgan fingerprint density at radius 2 is 1.88 bits per heavy atom. The maximum Gasteiger partial charge on any atom is 0.220 e. The number of amides is 1. The second-order valence-electron chi connectivity index (χ2n) is 8.36. The van der Waals surface area contributed by atoms with Crippen LogP contribution in [0.4, 0.5) is 0 Å². The van der Waals surface area contributed by atoms with Crippen molar-refractivity contribution in [3.05, 3.63) is 89.8 Å². The first-order chi connectivity index (χ1) is 16.0. The van der Waals surface area contributed by atoms with Crippen molar-refractivity contribution in [1.29, 1.82) is 0 Å². The molecular formula is C26H26N6O. The zero-order chi connectivity index (χ0) is 22.9. The standard InChI is InChI=1S/C26H26N6O/c1-17(20-8-10-21(11-9-20)31-15-14-27-16-31)28-25(33)13-12-22-18(2)29-26-23-6-4-5-7-24(23)30-32(26)19(22)3/h4-11,14-17H,12-13H2,1-3H3,(H,28,33). The number of aryl methyl sites for hydroxylation is 2. The zero-order valence-corrected chi connectivity index (χ0v) is 19.0. The van der Waals surface area contributed by atoms with Crippen molar-refractivity contribution in [2.24, 2.45) is 0 Å². The third-order valence-electron chi connectivity index (χ3n) is 6.19. The highest BCUT2D eigenvalue weighted by Crippen LogP contribution is 2.23. The summed E-state index contributed by atoms with van der Waals surface area (Å²) < 4.78 is 3.85. The topological polar surface area (TPSA) is 77.1 Å². The van der Waals surface area contributed by atoms with Gasteiger partial charge in [-0.1, -0.05) is 24.3 Å². The number of fused-ring (bicyclic) bond motifs is 3. The van der Waals surface area contributed by atoms with Gasteiger partial charge in [-0.05, 0) is 62.6 Å². The first-order valence-corrected chi connectivity index (χ1v) is 11.1.